The fourth-order valence-corrected chi connectivity index (χ4v) is 3.68. The summed E-state index contributed by atoms with van der Waals surface area (Å²) in [6, 6.07) is 18.1. The summed E-state index contributed by atoms with van der Waals surface area (Å²) in [7, 11) is 0. The Bertz CT molecular complexity index is 684. The first-order chi connectivity index (χ1) is 12.8. The summed E-state index contributed by atoms with van der Waals surface area (Å²) < 4.78 is 23.5. The third-order valence-corrected chi connectivity index (χ3v) is 5.22. The molecule has 1 heterocycles. The molecule has 2 aliphatic rings. The normalized spacial score (nSPS) is 19.5. The second kappa shape index (κ2) is 8.11. The number of benzene rings is 2. The topological polar surface area (TPSA) is 36.9 Å². The number of hydrogen-bond acceptors (Lipinski definition) is 4. The third-order valence-electron chi connectivity index (χ3n) is 5.22. The fraction of sp³-hybridized carbons (Fsp3) is 0.455. The van der Waals surface area contributed by atoms with E-state index in [1.807, 2.05) is 42.5 Å². The Kier molecular flexibility index (Phi) is 5.42. The molecule has 2 aromatic carbocycles. The summed E-state index contributed by atoms with van der Waals surface area (Å²) >= 11 is 0. The summed E-state index contributed by atoms with van der Waals surface area (Å²) in [4.78, 5) is 0. The summed E-state index contributed by atoms with van der Waals surface area (Å²) in [5, 5.41) is 0. The maximum absolute atomic E-state index is 6.03. The lowest BCUT2D eigenvalue weighted by Crippen LogP contribution is -2.36. The number of rotatable bonds is 6. The number of hydrogen-bond donors (Lipinski definition) is 0. The molecule has 4 heteroatoms. The van der Waals surface area contributed by atoms with Crippen LogP contribution in [0.1, 0.15) is 31.2 Å². The Labute approximate surface area is 155 Å². The molecule has 2 fully saturated rings. The molecule has 0 bridgehead atoms. The highest BCUT2D eigenvalue weighted by Gasteiger charge is 2.40. The average molecular weight is 354 g/mol. The van der Waals surface area contributed by atoms with Crippen LogP contribution in [0.5, 0.6) is 11.5 Å². The molecule has 1 aliphatic carbocycles. The lowest BCUT2D eigenvalue weighted by Gasteiger charge is -2.35. The Balaban J connectivity index is 1.25. The van der Waals surface area contributed by atoms with Gasteiger partial charge in [0, 0.05) is 18.9 Å². The van der Waals surface area contributed by atoms with Crippen molar-refractivity contribution in [3.63, 3.8) is 0 Å². The highest BCUT2D eigenvalue weighted by molar-refractivity contribution is 5.33. The fourth-order valence-electron chi connectivity index (χ4n) is 3.68. The van der Waals surface area contributed by atoms with Crippen molar-refractivity contribution in [2.45, 2.75) is 38.1 Å². The van der Waals surface area contributed by atoms with Gasteiger partial charge in [-0.2, -0.15) is 0 Å². The quantitative estimate of drug-likeness (QED) is 0.761. The SMILES string of the molecule is c1ccc(COc2cccc(OCC3CCC4(CC3)OCCO4)c2)cc1. The molecule has 138 valence electrons. The van der Waals surface area contributed by atoms with Crippen LogP contribution in [0.2, 0.25) is 0 Å². The largest absolute Gasteiger partial charge is 0.493 e. The maximum Gasteiger partial charge on any atom is 0.168 e. The van der Waals surface area contributed by atoms with Crippen molar-refractivity contribution < 1.29 is 18.9 Å². The van der Waals surface area contributed by atoms with Crippen molar-refractivity contribution >= 4 is 0 Å². The van der Waals surface area contributed by atoms with Crippen molar-refractivity contribution in [3.8, 4) is 11.5 Å². The van der Waals surface area contributed by atoms with E-state index in [1.54, 1.807) is 0 Å². The molecule has 1 saturated carbocycles. The summed E-state index contributed by atoms with van der Waals surface area (Å²) in [6.07, 6.45) is 4.12. The molecule has 26 heavy (non-hydrogen) atoms. The van der Waals surface area contributed by atoms with Crippen molar-refractivity contribution in [1.82, 2.24) is 0 Å². The van der Waals surface area contributed by atoms with Crippen molar-refractivity contribution in [2.75, 3.05) is 19.8 Å². The molecule has 4 rings (SSSR count). The average Bonchev–Trinajstić information content (AvgIpc) is 3.15. The molecule has 1 spiro atoms. The molecule has 1 aliphatic heterocycles. The van der Waals surface area contributed by atoms with Gasteiger partial charge in [0.15, 0.2) is 5.79 Å². The van der Waals surface area contributed by atoms with Crippen LogP contribution in [0.3, 0.4) is 0 Å². The zero-order chi connectivity index (χ0) is 17.7. The van der Waals surface area contributed by atoms with Gasteiger partial charge in [-0.15, -0.1) is 0 Å². The molecule has 0 amide bonds. The van der Waals surface area contributed by atoms with Crippen LogP contribution >= 0.6 is 0 Å². The van der Waals surface area contributed by atoms with Gasteiger partial charge in [0.2, 0.25) is 0 Å². The van der Waals surface area contributed by atoms with Crippen LogP contribution in [-0.2, 0) is 16.1 Å². The Hall–Kier alpha value is -2.04. The van der Waals surface area contributed by atoms with E-state index in [9.17, 15) is 0 Å². The maximum atomic E-state index is 6.03. The van der Waals surface area contributed by atoms with E-state index in [2.05, 4.69) is 12.1 Å². The van der Waals surface area contributed by atoms with Crippen LogP contribution < -0.4 is 9.47 Å². The Morgan fingerprint density at radius 1 is 0.846 bits per heavy atom. The molecule has 0 atom stereocenters. The Morgan fingerprint density at radius 3 is 2.27 bits per heavy atom. The van der Waals surface area contributed by atoms with Gasteiger partial charge in [0.05, 0.1) is 19.8 Å². The van der Waals surface area contributed by atoms with Crippen molar-refractivity contribution in [2.24, 2.45) is 5.92 Å². The first kappa shape index (κ1) is 17.4. The minimum absolute atomic E-state index is 0.290. The van der Waals surface area contributed by atoms with Crippen molar-refractivity contribution in [3.05, 3.63) is 60.2 Å². The molecule has 0 unspecified atom stereocenters. The molecule has 0 radical (unpaired) electrons. The van der Waals surface area contributed by atoms with Gasteiger partial charge in [-0.3, -0.25) is 0 Å². The molecule has 0 aromatic heterocycles. The first-order valence-corrected chi connectivity index (χ1v) is 9.49. The van der Waals surface area contributed by atoms with E-state index in [-0.39, 0.29) is 5.79 Å². The van der Waals surface area contributed by atoms with Gasteiger partial charge < -0.3 is 18.9 Å². The predicted molar refractivity (Wildman–Crippen MR) is 99.3 cm³/mol. The van der Waals surface area contributed by atoms with Crippen molar-refractivity contribution in [1.29, 1.82) is 0 Å². The van der Waals surface area contributed by atoms with Gasteiger partial charge in [0.25, 0.3) is 0 Å². The predicted octanol–water partition coefficient (Wildman–Crippen LogP) is 4.58. The lowest BCUT2D eigenvalue weighted by molar-refractivity contribution is -0.183. The Morgan fingerprint density at radius 2 is 1.54 bits per heavy atom. The van der Waals surface area contributed by atoms with Gasteiger partial charge in [-0.1, -0.05) is 36.4 Å². The van der Waals surface area contributed by atoms with Crippen LogP contribution in [0, 0.1) is 5.92 Å². The molecule has 0 N–H and O–H groups in total. The molecule has 1 saturated heterocycles. The number of ether oxygens (including phenoxy) is 4. The first-order valence-electron chi connectivity index (χ1n) is 9.49. The van der Waals surface area contributed by atoms with Gasteiger partial charge in [-0.05, 0) is 36.5 Å². The van der Waals surface area contributed by atoms with Crippen LogP contribution in [0.15, 0.2) is 54.6 Å². The standard InChI is InChI=1S/C22H26O4/c1-2-5-18(6-3-1)16-23-20-7-4-8-21(15-20)24-17-19-9-11-22(12-10-19)25-13-14-26-22/h1-8,15,19H,9-14,16-17H2. The van der Waals surface area contributed by atoms with E-state index in [4.69, 9.17) is 18.9 Å². The minimum Gasteiger partial charge on any atom is -0.493 e. The highest BCUT2D eigenvalue weighted by atomic mass is 16.7. The van der Waals surface area contributed by atoms with Crippen LogP contribution in [0.25, 0.3) is 0 Å². The van der Waals surface area contributed by atoms with E-state index in [0.717, 1.165) is 62.6 Å². The molecule has 2 aromatic rings. The van der Waals surface area contributed by atoms with E-state index in [0.29, 0.717) is 12.5 Å². The minimum atomic E-state index is -0.290. The zero-order valence-electron chi connectivity index (χ0n) is 15.1. The van der Waals surface area contributed by atoms with Gasteiger partial charge in [-0.25, -0.2) is 0 Å². The van der Waals surface area contributed by atoms with Crippen LogP contribution in [-0.4, -0.2) is 25.6 Å². The highest BCUT2D eigenvalue weighted by Crippen LogP contribution is 2.38. The molecule has 4 nitrogen and oxygen atoms in total. The third kappa shape index (κ3) is 4.37. The molecular weight excluding hydrogens is 328 g/mol. The summed E-state index contributed by atoms with van der Waals surface area (Å²) in [6.45, 7) is 2.76. The summed E-state index contributed by atoms with van der Waals surface area (Å²) in [5.74, 6) is 1.97. The second-order valence-electron chi connectivity index (χ2n) is 7.11. The smallest absolute Gasteiger partial charge is 0.168 e. The van der Waals surface area contributed by atoms with E-state index < -0.39 is 0 Å². The lowest BCUT2D eigenvalue weighted by atomic mass is 9.85. The van der Waals surface area contributed by atoms with Gasteiger partial charge in [0.1, 0.15) is 18.1 Å². The van der Waals surface area contributed by atoms with E-state index >= 15 is 0 Å². The zero-order valence-corrected chi connectivity index (χ0v) is 15.1. The van der Waals surface area contributed by atoms with Crippen LogP contribution in [0.4, 0.5) is 0 Å². The van der Waals surface area contributed by atoms with Gasteiger partial charge >= 0.3 is 0 Å². The second-order valence-corrected chi connectivity index (χ2v) is 7.11. The monoisotopic (exact) mass is 354 g/mol. The molecular formula is C22H26O4. The summed E-state index contributed by atoms with van der Waals surface area (Å²) in [5.41, 5.74) is 1.16. The van der Waals surface area contributed by atoms with E-state index in [1.165, 1.54) is 0 Å².